The smallest absolute Gasteiger partial charge is 0.225 e. The fourth-order valence-corrected chi connectivity index (χ4v) is 1.93. The number of nitrogens with zero attached hydrogens (tertiary/aromatic N) is 2. The van der Waals surface area contributed by atoms with Gasteiger partial charge in [0.2, 0.25) is 11.8 Å². The monoisotopic (exact) mass is 223 g/mol. The maximum atomic E-state index is 5.75. The van der Waals surface area contributed by atoms with E-state index in [0.29, 0.717) is 11.7 Å². The molecule has 1 aromatic heterocycles. The van der Waals surface area contributed by atoms with Crippen molar-refractivity contribution in [2.24, 2.45) is 5.84 Å². The fraction of sp³-hybridized carbons (Fsp3) is 0.600. The van der Waals surface area contributed by atoms with Gasteiger partial charge in [-0.3, -0.25) is 0 Å². The Labute approximate surface area is 94.4 Å². The van der Waals surface area contributed by atoms with Crippen molar-refractivity contribution in [3.8, 4) is 5.88 Å². The van der Waals surface area contributed by atoms with E-state index in [2.05, 4.69) is 15.4 Å². The molecule has 0 radical (unpaired) electrons. The number of nitrogens with two attached hydrogens (primary N) is 2. The van der Waals surface area contributed by atoms with Crippen LogP contribution in [0.25, 0.3) is 0 Å². The molecule has 0 spiro atoms. The molecule has 1 fully saturated rings. The second-order valence-corrected chi connectivity index (χ2v) is 3.97. The van der Waals surface area contributed by atoms with Gasteiger partial charge < -0.3 is 15.9 Å². The molecule has 16 heavy (non-hydrogen) atoms. The third kappa shape index (κ3) is 2.73. The Kier molecular flexibility index (Phi) is 3.40. The topological polar surface area (TPSA) is 99.1 Å². The molecule has 0 aromatic carbocycles. The Morgan fingerprint density at radius 1 is 1.25 bits per heavy atom. The van der Waals surface area contributed by atoms with Crippen molar-refractivity contribution in [3.63, 3.8) is 0 Å². The van der Waals surface area contributed by atoms with Crippen molar-refractivity contribution in [3.05, 3.63) is 6.07 Å². The number of hydrogen-bond donors (Lipinski definition) is 3. The summed E-state index contributed by atoms with van der Waals surface area (Å²) in [6, 6.07) is 1.66. The van der Waals surface area contributed by atoms with E-state index in [1.165, 1.54) is 19.3 Å². The van der Waals surface area contributed by atoms with E-state index in [0.717, 1.165) is 12.8 Å². The second-order valence-electron chi connectivity index (χ2n) is 3.97. The lowest BCUT2D eigenvalue weighted by atomic mass is 9.98. The van der Waals surface area contributed by atoms with Crippen LogP contribution in [0, 0.1) is 0 Å². The largest absolute Gasteiger partial charge is 0.474 e. The van der Waals surface area contributed by atoms with Crippen molar-refractivity contribution in [2.45, 2.75) is 38.2 Å². The van der Waals surface area contributed by atoms with Crippen molar-refractivity contribution in [1.82, 2.24) is 9.97 Å². The Morgan fingerprint density at radius 3 is 2.69 bits per heavy atom. The normalized spacial score (nSPS) is 17.1. The summed E-state index contributed by atoms with van der Waals surface area (Å²) in [6.07, 6.45) is 6.13. The molecule has 2 rings (SSSR count). The lowest BCUT2D eigenvalue weighted by Gasteiger charge is -2.22. The molecule has 0 bridgehead atoms. The number of rotatable bonds is 3. The van der Waals surface area contributed by atoms with E-state index < -0.39 is 0 Å². The summed E-state index contributed by atoms with van der Waals surface area (Å²) in [5, 5.41) is 0. The van der Waals surface area contributed by atoms with Crippen LogP contribution in [0.2, 0.25) is 0 Å². The SMILES string of the molecule is NNc1cc(OC2CCCCC2)nc(N)n1. The number of ether oxygens (including phenoxy) is 1. The Hall–Kier alpha value is -1.56. The first-order chi connectivity index (χ1) is 7.78. The van der Waals surface area contributed by atoms with Gasteiger partial charge in [0.15, 0.2) is 0 Å². The highest BCUT2D eigenvalue weighted by molar-refractivity contribution is 5.41. The molecular formula is C10H17N5O. The van der Waals surface area contributed by atoms with Gasteiger partial charge in [0.25, 0.3) is 0 Å². The third-order valence-corrected chi connectivity index (χ3v) is 2.71. The minimum absolute atomic E-state index is 0.168. The van der Waals surface area contributed by atoms with Crippen LogP contribution in [0.3, 0.4) is 0 Å². The van der Waals surface area contributed by atoms with E-state index in [9.17, 15) is 0 Å². The molecule has 0 amide bonds. The number of nitrogen functional groups attached to an aromatic ring is 2. The summed E-state index contributed by atoms with van der Waals surface area (Å²) >= 11 is 0. The van der Waals surface area contributed by atoms with Crippen molar-refractivity contribution in [2.75, 3.05) is 11.2 Å². The maximum absolute atomic E-state index is 5.75. The number of hydrazine groups is 1. The van der Waals surface area contributed by atoms with Crippen LogP contribution in [-0.2, 0) is 0 Å². The van der Waals surface area contributed by atoms with Crippen LogP contribution < -0.4 is 21.7 Å². The minimum atomic E-state index is 0.168. The molecule has 0 saturated heterocycles. The third-order valence-electron chi connectivity index (χ3n) is 2.71. The van der Waals surface area contributed by atoms with Crippen molar-refractivity contribution in [1.29, 1.82) is 0 Å². The molecule has 0 unspecified atom stereocenters. The Balaban J connectivity index is 2.04. The zero-order valence-corrected chi connectivity index (χ0v) is 9.15. The quantitative estimate of drug-likeness (QED) is 0.523. The van der Waals surface area contributed by atoms with Gasteiger partial charge >= 0.3 is 0 Å². The van der Waals surface area contributed by atoms with Gasteiger partial charge in [0.1, 0.15) is 11.9 Å². The zero-order chi connectivity index (χ0) is 11.4. The van der Waals surface area contributed by atoms with Gasteiger partial charge in [-0.2, -0.15) is 9.97 Å². The van der Waals surface area contributed by atoms with Gasteiger partial charge in [-0.1, -0.05) is 6.42 Å². The van der Waals surface area contributed by atoms with Gasteiger partial charge in [-0.05, 0) is 25.7 Å². The maximum Gasteiger partial charge on any atom is 0.225 e. The summed E-state index contributed by atoms with van der Waals surface area (Å²) < 4.78 is 5.75. The predicted molar refractivity (Wildman–Crippen MR) is 61.8 cm³/mol. The second kappa shape index (κ2) is 4.98. The van der Waals surface area contributed by atoms with Crippen LogP contribution in [0.4, 0.5) is 11.8 Å². The highest BCUT2D eigenvalue weighted by Crippen LogP contribution is 2.23. The summed E-state index contributed by atoms with van der Waals surface area (Å²) in [7, 11) is 0. The molecule has 1 aromatic rings. The van der Waals surface area contributed by atoms with Crippen LogP contribution >= 0.6 is 0 Å². The first-order valence-electron chi connectivity index (χ1n) is 5.56. The average molecular weight is 223 g/mol. The molecule has 0 aliphatic heterocycles. The van der Waals surface area contributed by atoms with Crippen LogP contribution in [0.5, 0.6) is 5.88 Å². The molecule has 1 aliphatic carbocycles. The van der Waals surface area contributed by atoms with E-state index in [1.54, 1.807) is 6.07 Å². The van der Waals surface area contributed by atoms with E-state index in [4.69, 9.17) is 16.3 Å². The first kappa shape index (κ1) is 10.9. The summed E-state index contributed by atoms with van der Waals surface area (Å²) in [5.74, 6) is 6.40. The molecule has 0 atom stereocenters. The fourth-order valence-electron chi connectivity index (χ4n) is 1.93. The summed E-state index contributed by atoms with van der Waals surface area (Å²) in [5.41, 5.74) is 7.98. The van der Waals surface area contributed by atoms with Crippen molar-refractivity contribution >= 4 is 11.8 Å². The summed E-state index contributed by atoms with van der Waals surface area (Å²) in [6.45, 7) is 0. The molecule has 1 aliphatic rings. The number of anilines is 2. The minimum Gasteiger partial charge on any atom is -0.474 e. The standard InChI is InChI=1S/C10H17N5O/c11-10-13-8(15-12)6-9(14-10)16-7-4-2-1-3-5-7/h6-7H,1-5,12H2,(H3,11,13,14,15). The molecule has 6 nitrogen and oxygen atoms in total. The Bertz CT molecular complexity index is 351. The van der Waals surface area contributed by atoms with Crippen LogP contribution in [0.15, 0.2) is 6.07 Å². The van der Waals surface area contributed by atoms with E-state index >= 15 is 0 Å². The molecule has 1 saturated carbocycles. The number of hydrogen-bond acceptors (Lipinski definition) is 6. The first-order valence-corrected chi connectivity index (χ1v) is 5.56. The molecule has 88 valence electrons. The molecule has 5 N–H and O–H groups in total. The molecular weight excluding hydrogens is 206 g/mol. The summed E-state index contributed by atoms with van der Waals surface area (Å²) in [4.78, 5) is 7.92. The van der Waals surface area contributed by atoms with Gasteiger partial charge in [-0.15, -0.1) is 0 Å². The van der Waals surface area contributed by atoms with Gasteiger partial charge in [-0.25, -0.2) is 5.84 Å². The zero-order valence-electron chi connectivity index (χ0n) is 9.15. The number of nitrogens with one attached hydrogen (secondary N) is 1. The highest BCUT2D eigenvalue weighted by atomic mass is 16.5. The highest BCUT2D eigenvalue weighted by Gasteiger charge is 2.16. The van der Waals surface area contributed by atoms with E-state index in [-0.39, 0.29) is 12.1 Å². The van der Waals surface area contributed by atoms with Crippen molar-refractivity contribution < 1.29 is 4.74 Å². The lowest BCUT2D eigenvalue weighted by molar-refractivity contribution is 0.149. The van der Waals surface area contributed by atoms with Crippen LogP contribution in [-0.4, -0.2) is 16.1 Å². The van der Waals surface area contributed by atoms with Gasteiger partial charge in [0.05, 0.1) is 0 Å². The molecule has 6 heteroatoms. The van der Waals surface area contributed by atoms with E-state index in [1.807, 2.05) is 0 Å². The average Bonchev–Trinajstić information content (AvgIpc) is 2.29. The van der Waals surface area contributed by atoms with Gasteiger partial charge in [0, 0.05) is 6.07 Å². The predicted octanol–water partition coefficient (Wildman–Crippen LogP) is 1.06. The van der Waals surface area contributed by atoms with Crippen LogP contribution in [0.1, 0.15) is 32.1 Å². The molecule has 1 heterocycles. The lowest BCUT2D eigenvalue weighted by Crippen LogP contribution is -2.21. The number of aromatic nitrogens is 2. The Morgan fingerprint density at radius 2 is 2.00 bits per heavy atom.